The van der Waals surface area contributed by atoms with Crippen LogP contribution in [0.5, 0.6) is 0 Å². The molecule has 5 rings (SSSR count). The van der Waals surface area contributed by atoms with Gasteiger partial charge in [0.05, 0.1) is 40.2 Å². The van der Waals surface area contributed by atoms with Gasteiger partial charge in [-0.25, -0.2) is 9.78 Å². The van der Waals surface area contributed by atoms with E-state index in [2.05, 4.69) is 20.2 Å². The van der Waals surface area contributed by atoms with E-state index in [0.717, 1.165) is 30.6 Å². The molecule has 1 aliphatic heterocycles. The zero-order valence-corrected chi connectivity index (χ0v) is 21.4. The monoisotopic (exact) mass is 562 g/mol. The van der Waals surface area contributed by atoms with Crippen molar-refractivity contribution in [1.82, 2.24) is 24.0 Å². The van der Waals surface area contributed by atoms with Crippen LogP contribution < -0.4 is 16.7 Å². The number of benzene rings is 1. The van der Waals surface area contributed by atoms with Gasteiger partial charge in [0, 0.05) is 49.0 Å². The Morgan fingerprint density at radius 3 is 2.62 bits per heavy atom. The van der Waals surface area contributed by atoms with Crippen molar-refractivity contribution in [2.75, 3.05) is 38.2 Å². The molecule has 15 heteroatoms. The summed E-state index contributed by atoms with van der Waals surface area (Å²) in [5, 5.41) is 10.3. The number of rotatable bonds is 8. The first-order valence-electron chi connectivity index (χ1n) is 12.0. The Hall–Kier alpha value is -3.95. The highest BCUT2D eigenvalue weighted by molar-refractivity contribution is 7.15. The number of H-pyrrole nitrogens is 1. The largest absolute Gasteiger partial charge is 0.406 e. The molecule has 39 heavy (non-hydrogen) atoms. The second kappa shape index (κ2) is 10.7. The number of nitrogens with two attached hydrogens (primary N) is 1. The van der Waals surface area contributed by atoms with Crippen LogP contribution in [-0.4, -0.2) is 75.1 Å². The molecule has 206 valence electrons. The van der Waals surface area contributed by atoms with Crippen molar-refractivity contribution in [2.24, 2.45) is 5.73 Å². The van der Waals surface area contributed by atoms with Crippen LogP contribution in [0, 0.1) is 5.41 Å². The molecule has 0 saturated carbocycles. The number of allylic oxidation sites excluding steroid dienone is 1. The van der Waals surface area contributed by atoms with Gasteiger partial charge in [-0.3, -0.25) is 19.6 Å². The molecule has 3 aromatic heterocycles. The molecular formula is C24H25F3N8O3S. The lowest BCUT2D eigenvalue weighted by Gasteiger charge is -2.26. The van der Waals surface area contributed by atoms with Crippen LogP contribution in [0.1, 0.15) is 14.5 Å². The lowest BCUT2D eigenvalue weighted by atomic mass is 10.2. The number of anilines is 1. The number of alkyl halides is 3. The van der Waals surface area contributed by atoms with Crippen LogP contribution in [0.4, 0.5) is 19.1 Å². The van der Waals surface area contributed by atoms with Crippen LogP contribution >= 0.6 is 11.3 Å². The Morgan fingerprint density at radius 1 is 1.18 bits per heavy atom. The van der Waals surface area contributed by atoms with Gasteiger partial charge >= 0.3 is 11.9 Å². The van der Waals surface area contributed by atoms with Gasteiger partial charge in [-0.1, -0.05) is 0 Å². The van der Waals surface area contributed by atoms with E-state index >= 15 is 0 Å². The number of aromatic nitrogens is 4. The maximum atomic E-state index is 13.2. The smallest absolute Gasteiger partial charge is 0.404 e. The molecule has 5 N–H and O–H groups in total. The van der Waals surface area contributed by atoms with Crippen molar-refractivity contribution in [3.05, 3.63) is 50.7 Å². The molecule has 4 heterocycles. The molecule has 4 aromatic rings. The first-order chi connectivity index (χ1) is 18.7. The maximum absolute atomic E-state index is 13.2. The van der Waals surface area contributed by atoms with E-state index in [1.807, 2.05) is 0 Å². The number of fused-ring (bicyclic) bond motifs is 2. The summed E-state index contributed by atoms with van der Waals surface area (Å²) in [6.07, 6.45) is -2.20. The van der Waals surface area contributed by atoms with Gasteiger partial charge in [0.2, 0.25) is 5.95 Å². The maximum Gasteiger partial charge on any atom is 0.406 e. The molecule has 0 atom stereocenters. The number of imidazole rings is 2. The molecule has 0 unspecified atom stereocenters. The van der Waals surface area contributed by atoms with Crippen molar-refractivity contribution in [3.8, 4) is 0 Å². The lowest BCUT2D eigenvalue weighted by Crippen LogP contribution is -2.38. The van der Waals surface area contributed by atoms with Gasteiger partial charge in [-0.2, -0.15) is 13.2 Å². The van der Waals surface area contributed by atoms with E-state index < -0.39 is 24.3 Å². The molecule has 1 amide bonds. The molecule has 1 fully saturated rings. The van der Waals surface area contributed by atoms with Crippen LogP contribution in [0.3, 0.4) is 0 Å². The Kier molecular flexibility index (Phi) is 7.29. The van der Waals surface area contributed by atoms with Crippen molar-refractivity contribution < 1.29 is 22.7 Å². The van der Waals surface area contributed by atoms with Gasteiger partial charge in [0.25, 0.3) is 5.91 Å². The minimum absolute atomic E-state index is 0.0888. The highest BCUT2D eigenvalue weighted by Crippen LogP contribution is 2.28. The number of halogens is 3. The first-order valence-corrected chi connectivity index (χ1v) is 12.8. The fraction of sp³-hybridized carbons (Fsp3) is 0.333. The molecule has 1 saturated heterocycles. The third-order valence-electron chi connectivity index (χ3n) is 6.40. The fourth-order valence-electron chi connectivity index (χ4n) is 4.48. The Balaban J connectivity index is 1.53. The lowest BCUT2D eigenvalue weighted by molar-refractivity contribution is -0.140. The minimum atomic E-state index is -4.58. The molecule has 11 nitrogen and oxygen atoms in total. The quantitative estimate of drug-likeness (QED) is 0.243. The van der Waals surface area contributed by atoms with E-state index in [4.69, 9.17) is 15.9 Å². The molecule has 0 spiro atoms. The summed E-state index contributed by atoms with van der Waals surface area (Å²) in [5.74, 6) is -0.215. The summed E-state index contributed by atoms with van der Waals surface area (Å²) in [6.45, 7) is 2.18. The number of carbonyl (C=O) groups excluding carboxylic acids is 1. The van der Waals surface area contributed by atoms with Gasteiger partial charge < -0.3 is 25.4 Å². The Labute approximate surface area is 223 Å². The van der Waals surface area contributed by atoms with Crippen LogP contribution in [0.2, 0.25) is 0 Å². The number of ether oxygens (including phenoxy) is 1. The van der Waals surface area contributed by atoms with Crippen LogP contribution in [0.25, 0.3) is 27.6 Å². The second-order valence-electron chi connectivity index (χ2n) is 8.91. The molecule has 1 aromatic carbocycles. The molecule has 0 bridgehead atoms. The number of hydrogen-bond acceptors (Lipinski definition) is 8. The highest BCUT2D eigenvalue weighted by atomic mass is 32.1. The number of aromatic amines is 1. The molecule has 1 aliphatic rings. The van der Waals surface area contributed by atoms with Gasteiger partial charge in [-0.15, -0.1) is 11.3 Å². The summed E-state index contributed by atoms with van der Waals surface area (Å²) >= 11 is 1.16. The third-order valence-corrected chi connectivity index (χ3v) is 7.53. The number of thiophene rings is 1. The van der Waals surface area contributed by atoms with Gasteiger partial charge in [0.15, 0.2) is 0 Å². The third kappa shape index (κ3) is 5.60. The topological polar surface area (TPSA) is 147 Å². The minimum Gasteiger partial charge on any atom is -0.404 e. The van der Waals surface area contributed by atoms with E-state index in [1.165, 1.54) is 18.3 Å². The van der Waals surface area contributed by atoms with Crippen molar-refractivity contribution >= 4 is 57.0 Å². The second-order valence-corrected chi connectivity index (χ2v) is 10.00. The molecular weight excluding hydrogens is 537 g/mol. The summed E-state index contributed by atoms with van der Waals surface area (Å²) in [7, 11) is 0. The number of carbonyl (C=O) groups is 1. The first kappa shape index (κ1) is 26.6. The van der Waals surface area contributed by atoms with E-state index in [0.29, 0.717) is 57.2 Å². The zero-order valence-electron chi connectivity index (χ0n) is 20.5. The summed E-state index contributed by atoms with van der Waals surface area (Å²) in [4.78, 5) is 35.6. The molecule has 0 aliphatic carbocycles. The predicted molar refractivity (Wildman–Crippen MR) is 142 cm³/mol. The van der Waals surface area contributed by atoms with E-state index in [9.17, 15) is 22.8 Å². The van der Waals surface area contributed by atoms with E-state index in [-0.39, 0.29) is 17.0 Å². The van der Waals surface area contributed by atoms with Crippen LogP contribution in [0.15, 0.2) is 35.3 Å². The average Bonchev–Trinajstić information content (AvgIpc) is 3.58. The number of hydrogen-bond donors (Lipinski definition) is 4. The normalized spacial score (nSPS) is 15.3. The SMILES string of the molecule is N=C/C(=C\N)c1ccc(C(=O)Nc2nc3cc4[nH]c(=O)n(CC(F)(F)F)c4cc3n2CCN2CCOCC2)s1. The van der Waals surface area contributed by atoms with Gasteiger partial charge in [0.1, 0.15) is 6.54 Å². The zero-order chi connectivity index (χ0) is 27.7. The Bertz CT molecular complexity index is 1620. The average molecular weight is 563 g/mol. The standard InChI is InChI=1S/C24H25F3N8O3S/c25-24(26,27)13-35-18-10-17-15(9-16(18)31-23(35)37)30-22(34(17)4-3-33-5-7-38-8-6-33)32-21(36)20-2-1-19(39-20)14(11-28)12-29/h1-2,9-12,28H,3-8,13,29H2,(H,31,37)(H,30,32,36)/b14-12+,28-11?. The van der Waals surface area contributed by atoms with Crippen LogP contribution in [-0.2, 0) is 17.8 Å². The predicted octanol–water partition coefficient (Wildman–Crippen LogP) is 2.84. The van der Waals surface area contributed by atoms with Crippen molar-refractivity contribution in [1.29, 1.82) is 5.41 Å². The summed E-state index contributed by atoms with van der Waals surface area (Å²) in [5.41, 5.74) is 6.34. The van der Waals surface area contributed by atoms with Crippen molar-refractivity contribution in [2.45, 2.75) is 19.3 Å². The fourth-order valence-corrected chi connectivity index (χ4v) is 5.38. The summed E-state index contributed by atoms with van der Waals surface area (Å²) < 4.78 is 47.3. The van der Waals surface area contributed by atoms with E-state index in [1.54, 1.807) is 16.7 Å². The molecule has 0 radical (unpaired) electrons. The van der Waals surface area contributed by atoms with Gasteiger partial charge in [-0.05, 0) is 24.3 Å². The number of nitrogens with zero attached hydrogens (tertiary/aromatic N) is 4. The number of amides is 1. The summed E-state index contributed by atoms with van der Waals surface area (Å²) in [6, 6.07) is 6.29. The van der Waals surface area contributed by atoms with Crippen molar-refractivity contribution in [3.63, 3.8) is 0 Å². The Morgan fingerprint density at radius 2 is 1.92 bits per heavy atom. The number of morpholine rings is 1. The number of nitrogens with one attached hydrogen (secondary N) is 3. The highest BCUT2D eigenvalue weighted by Gasteiger charge is 2.30.